The van der Waals surface area contributed by atoms with Gasteiger partial charge in [-0.3, -0.25) is 0 Å². The fourth-order valence-electron chi connectivity index (χ4n) is 3.76. The summed E-state index contributed by atoms with van der Waals surface area (Å²) in [7, 11) is 0. The number of aryl methyl sites for hydroxylation is 1. The molecule has 10 atom stereocenters. The summed E-state index contributed by atoms with van der Waals surface area (Å²) in [5, 5.41) is 69.8. The van der Waals surface area contributed by atoms with Crippen LogP contribution in [0.3, 0.4) is 0 Å². The van der Waals surface area contributed by atoms with Crippen LogP contribution in [0, 0.1) is 6.92 Å². The molecule has 31 heavy (non-hydrogen) atoms. The van der Waals surface area contributed by atoms with Gasteiger partial charge in [-0.2, -0.15) is 0 Å². The molecule has 176 valence electrons. The topological polar surface area (TPSA) is 179 Å². The molecule has 2 aliphatic rings. The Morgan fingerprint density at radius 3 is 2.13 bits per heavy atom. The van der Waals surface area contributed by atoms with E-state index in [4.69, 9.17) is 24.1 Å². The first-order chi connectivity index (χ1) is 14.6. The smallest absolute Gasteiger partial charge is 0.229 e. The summed E-state index contributed by atoms with van der Waals surface area (Å²) in [6, 6.07) is 5.05. The second kappa shape index (κ2) is 10.0. The lowest BCUT2D eigenvalue weighted by atomic mass is 9.99. The zero-order valence-electron chi connectivity index (χ0n) is 17.2. The Kier molecular flexibility index (Phi) is 7.86. The van der Waals surface area contributed by atoms with Crippen molar-refractivity contribution in [1.29, 1.82) is 0 Å². The highest BCUT2D eigenvalue weighted by Crippen LogP contribution is 2.32. The van der Waals surface area contributed by atoms with Crippen LogP contribution >= 0.6 is 0 Å². The van der Waals surface area contributed by atoms with Crippen LogP contribution in [-0.2, 0) is 14.2 Å². The van der Waals surface area contributed by atoms with E-state index in [1.165, 1.54) is 0 Å². The molecule has 11 nitrogen and oxygen atoms in total. The Hall–Kier alpha value is -1.38. The van der Waals surface area contributed by atoms with Gasteiger partial charge in [0, 0.05) is 5.56 Å². The van der Waals surface area contributed by atoms with E-state index in [1.54, 1.807) is 32.0 Å². The van der Waals surface area contributed by atoms with E-state index in [2.05, 4.69) is 0 Å². The van der Waals surface area contributed by atoms with Crippen LogP contribution < -0.4 is 4.74 Å². The van der Waals surface area contributed by atoms with Gasteiger partial charge in [-0.05, 0) is 25.5 Å². The molecule has 0 unspecified atom stereocenters. The Bertz CT molecular complexity index is 729. The molecule has 2 heterocycles. The van der Waals surface area contributed by atoms with Crippen molar-refractivity contribution in [3.63, 3.8) is 0 Å². The molecular weight excluding hydrogens is 416 g/mol. The Morgan fingerprint density at radius 1 is 0.903 bits per heavy atom. The fraction of sp³-hybridized carbons (Fsp3) is 0.700. The van der Waals surface area contributed by atoms with Crippen molar-refractivity contribution in [3.05, 3.63) is 29.3 Å². The minimum Gasteiger partial charge on any atom is -0.462 e. The number of hydrogen-bond donors (Lipinski definition) is 7. The number of aliphatic hydroxyl groups excluding tert-OH is 7. The number of hydrogen-bond acceptors (Lipinski definition) is 11. The minimum atomic E-state index is -1.63. The van der Waals surface area contributed by atoms with E-state index in [1.807, 2.05) is 0 Å². The zero-order valence-corrected chi connectivity index (χ0v) is 17.2. The van der Waals surface area contributed by atoms with Crippen molar-refractivity contribution in [1.82, 2.24) is 0 Å². The molecule has 2 fully saturated rings. The first-order valence-corrected chi connectivity index (χ1v) is 10.0. The van der Waals surface area contributed by atoms with Crippen LogP contribution in [0.5, 0.6) is 5.75 Å². The van der Waals surface area contributed by atoms with E-state index in [-0.39, 0.29) is 12.4 Å². The van der Waals surface area contributed by atoms with E-state index in [0.29, 0.717) is 5.56 Å². The lowest BCUT2D eigenvalue weighted by Crippen LogP contribution is -2.60. The zero-order chi connectivity index (χ0) is 22.9. The largest absolute Gasteiger partial charge is 0.462 e. The molecule has 0 aliphatic carbocycles. The molecule has 2 saturated heterocycles. The first kappa shape index (κ1) is 24.3. The quantitative estimate of drug-likeness (QED) is 0.239. The summed E-state index contributed by atoms with van der Waals surface area (Å²) in [6.45, 7) is 2.44. The average molecular weight is 446 g/mol. The average Bonchev–Trinajstić information content (AvgIpc) is 3.00. The molecule has 0 radical (unpaired) electrons. The highest BCUT2D eigenvalue weighted by molar-refractivity contribution is 5.41. The van der Waals surface area contributed by atoms with Crippen LogP contribution in [0.2, 0.25) is 0 Å². The van der Waals surface area contributed by atoms with E-state index < -0.39 is 68.0 Å². The van der Waals surface area contributed by atoms with Crippen molar-refractivity contribution in [2.45, 2.75) is 75.3 Å². The van der Waals surface area contributed by atoms with Gasteiger partial charge in [-0.15, -0.1) is 0 Å². The van der Waals surface area contributed by atoms with E-state index >= 15 is 0 Å². The molecule has 0 spiro atoms. The summed E-state index contributed by atoms with van der Waals surface area (Å²) in [6.07, 6.45) is -13.3. The van der Waals surface area contributed by atoms with Crippen molar-refractivity contribution in [2.24, 2.45) is 0 Å². The standard InChI is InChI=1S/C20H30O11/c1-8-4-3-5-10(13(8)9(2)22)29-20-18(27)16(25)15(24)12(31-20)7-28-19-17(26)14(23)11(6-21)30-19/h3-5,9,11-12,14-27H,6-7H2,1-2H3/t9-,11-,12+,14-,15+,16-,17+,18+,19-,20+/m0/s1. The number of ether oxygens (including phenoxy) is 4. The van der Waals surface area contributed by atoms with Gasteiger partial charge in [0.15, 0.2) is 6.29 Å². The first-order valence-electron chi connectivity index (χ1n) is 10.0. The highest BCUT2D eigenvalue weighted by Gasteiger charge is 2.47. The van der Waals surface area contributed by atoms with Crippen molar-refractivity contribution < 1.29 is 54.7 Å². The molecule has 0 aromatic heterocycles. The number of benzene rings is 1. The Morgan fingerprint density at radius 2 is 1.52 bits per heavy atom. The lowest BCUT2D eigenvalue weighted by Gasteiger charge is -2.40. The summed E-state index contributed by atoms with van der Waals surface area (Å²) < 4.78 is 21.9. The van der Waals surface area contributed by atoms with Gasteiger partial charge in [0.05, 0.1) is 19.3 Å². The SMILES string of the molecule is Cc1cccc(O[C@@H]2O[C@H](CO[C@H]3O[C@@H](CO)[C@H](O)[C@H]3O)[C@@H](O)[C@H](O)[C@H]2O)c1[C@H](C)O. The molecule has 1 aromatic rings. The summed E-state index contributed by atoms with van der Waals surface area (Å²) in [5.74, 6) is 0.241. The maximum Gasteiger partial charge on any atom is 0.229 e. The van der Waals surface area contributed by atoms with Gasteiger partial charge in [0.2, 0.25) is 6.29 Å². The summed E-state index contributed by atoms with van der Waals surface area (Å²) in [5.41, 5.74) is 1.24. The van der Waals surface area contributed by atoms with Crippen LogP contribution in [-0.4, -0.2) is 104 Å². The number of aliphatic hydroxyl groups is 7. The molecule has 3 rings (SSSR count). The Labute approximate surface area is 179 Å². The normalized spacial score (nSPS) is 39.5. The van der Waals surface area contributed by atoms with Gasteiger partial charge in [0.1, 0.15) is 48.5 Å². The maximum atomic E-state index is 10.3. The van der Waals surface area contributed by atoms with Crippen molar-refractivity contribution >= 4 is 0 Å². The monoisotopic (exact) mass is 446 g/mol. The van der Waals surface area contributed by atoms with Gasteiger partial charge >= 0.3 is 0 Å². The molecule has 0 bridgehead atoms. The highest BCUT2D eigenvalue weighted by atomic mass is 16.7. The second-order valence-electron chi connectivity index (χ2n) is 7.84. The molecule has 11 heteroatoms. The van der Waals surface area contributed by atoms with Crippen LogP contribution in [0.4, 0.5) is 0 Å². The van der Waals surface area contributed by atoms with Crippen LogP contribution in [0.15, 0.2) is 18.2 Å². The fourth-order valence-corrected chi connectivity index (χ4v) is 3.76. The third-order valence-electron chi connectivity index (χ3n) is 5.54. The van der Waals surface area contributed by atoms with E-state index in [9.17, 15) is 30.6 Å². The van der Waals surface area contributed by atoms with Gasteiger partial charge < -0.3 is 54.7 Å². The molecule has 0 saturated carbocycles. The van der Waals surface area contributed by atoms with Crippen LogP contribution in [0.25, 0.3) is 0 Å². The van der Waals surface area contributed by atoms with Gasteiger partial charge in [0.25, 0.3) is 0 Å². The molecular formula is C20H30O11. The van der Waals surface area contributed by atoms with Gasteiger partial charge in [-0.25, -0.2) is 0 Å². The summed E-state index contributed by atoms with van der Waals surface area (Å²) >= 11 is 0. The maximum absolute atomic E-state index is 10.3. The molecule has 1 aromatic carbocycles. The minimum absolute atomic E-state index is 0.241. The predicted octanol–water partition coefficient (Wildman–Crippen LogP) is -2.31. The Balaban J connectivity index is 1.69. The predicted molar refractivity (Wildman–Crippen MR) is 103 cm³/mol. The third kappa shape index (κ3) is 5.01. The van der Waals surface area contributed by atoms with Crippen molar-refractivity contribution in [3.8, 4) is 5.75 Å². The second-order valence-corrected chi connectivity index (χ2v) is 7.84. The van der Waals surface area contributed by atoms with Crippen molar-refractivity contribution in [2.75, 3.05) is 13.2 Å². The third-order valence-corrected chi connectivity index (χ3v) is 5.54. The lowest BCUT2D eigenvalue weighted by molar-refractivity contribution is -0.290. The van der Waals surface area contributed by atoms with Crippen LogP contribution in [0.1, 0.15) is 24.2 Å². The van der Waals surface area contributed by atoms with E-state index in [0.717, 1.165) is 5.56 Å². The molecule has 7 N–H and O–H groups in total. The van der Waals surface area contributed by atoms with Gasteiger partial charge in [-0.1, -0.05) is 12.1 Å². The molecule has 0 amide bonds. The number of rotatable bonds is 7. The summed E-state index contributed by atoms with van der Waals surface area (Å²) in [4.78, 5) is 0. The molecule has 2 aliphatic heterocycles.